The summed E-state index contributed by atoms with van der Waals surface area (Å²) in [6, 6.07) is 5.43. The van der Waals surface area contributed by atoms with E-state index in [9.17, 15) is 18.9 Å². The summed E-state index contributed by atoms with van der Waals surface area (Å²) in [5.74, 6) is -0.0657. The van der Waals surface area contributed by atoms with E-state index in [4.69, 9.17) is 4.42 Å². The topological polar surface area (TPSA) is 69.2 Å². The molecule has 88 valence electrons. The number of alkyl halides is 2. The summed E-state index contributed by atoms with van der Waals surface area (Å²) in [5, 5.41) is 10.5. The van der Waals surface area contributed by atoms with Crippen molar-refractivity contribution in [1.82, 2.24) is 4.98 Å². The van der Waals surface area contributed by atoms with Gasteiger partial charge >= 0.3 is 0 Å². The van der Waals surface area contributed by atoms with Crippen LogP contribution in [0.2, 0.25) is 0 Å². The molecule has 0 saturated carbocycles. The lowest BCUT2D eigenvalue weighted by Gasteiger charge is -1.95. The molecule has 1 aromatic heterocycles. The molecule has 0 radical (unpaired) electrons. The molecule has 2 rings (SSSR count). The summed E-state index contributed by atoms with van der Waals surface area (Å²) in [6.07, 6.45) is -1.90. The number of aromatic nitrogens is 1. The number of nitro benzene ring substituents is 1. The molecule has 7 heteroatoms. The molecule has 0 aliphatic rings. The fraction of sp³-hybridized carbons (Fsp3) is 0.100. The van der Waals surface area contributed by atoms with Gasteiger partial charge in [0.05, 0.1) is 4.92 Å². The molecule has 0 fully saturated rings. The zero-order valence-electron chi connectivity index (χ0n) is 8.34. The molecule has 0 spiro atoms. The highest BCUT2D eigenvalue weighted by atomic mass is 19.3. The minimum atomic E-state index is -2.73. The molecular weight excluding hydrogens is 234 g/mol. The molecule has 0 amide bonds. The van der Waals surface area contributed by atoms with Gasteiger partial charge in [0, 0.05) is 17.7 Å². The van der Waals surface area contributed by atoms with Crippen molar-refractivity contribution in [3.05, 3.63) is 46.3 Å². The average molecular weight is 240 g/mol. The van der Waals surface area contributed by atoms with E-state index in [1.54, 1.807) is 0 Å². The van der Waals surface area contributed by atoms with Gasteiger partial charge in [-0.2, -0.15) is 0 Å². The van der Waals surface area contributed by atoms with Crippen LogP contribution in [0, 0.1) is 10.1 Å². The van der Waals surface area contributed by atoms with Crippen LogP contribution in [-0.2, 0) is 0 Å². The summed E-state index contributed by atoms with van der Waals surface area (Å²) in [5.41, 5.74) is -0.364. The number of benzene rings is 1. The van der Waals surface area contributed by atoms with Crippen molar-refractivity contribution in [2.24, 2.45) is 0 Å². The van der Waals surface area contributed by atoms with Gasteiger partial charge in [-0.15, -0.1) is 0 Å². The van der Waals surface area contributed by atoms with E-state index in [0.29, 0.717) is 0 Å². The third-order valence-electron chi connectivity index (χ3n) is 2.05. The van der Waals surface area contributed by atoms with Crippen molar-refractivity contribution in [1.29, 1.82) is 0 Å². The average Bonchev–Trinajstić information content (AvgIpc) is 2.78. The van der Waals surface area contributed by atoms with Gasteiger partial charge in [0.25, 0.3) is 12.1 Å². The van der Waals surface area contributed by atoms with Gasteiger partial charge in [0.2, 0.25) is 5.89 Å². The predicted octanol–water partition coefficient (Wildman–Crippen LogP) is 3.19. The number of hydrogen-bond donors (Lipinski definition) is 0. The highest BCUT2D eigenvalue weighted by molar-refractivity contribution is 5.57. The summed E-state index contributed by atoms with van der Waals surface area (Å²) in [6.45, 7) is 0. The Hall–Kier alpha value is -2.31. The van der Waals surface area contributed by atoms with Crippen molar-refractivity contribution in [3.63, 3.8) is 0 Å². The number of non-ortho nitro benzene ring substituents is 1. The SMILES string of the molecule is O=[N+]([O-])c1cccc(-c2nc(C(F)F)co2)c1. The van der Waals surface area contributed by atoms with Crippen LogP contribution in [0.3, 0.4) is 0 Å². The zero-order valence-corrected chi connectivity index (χ0v) is 8.34. The highest BCUT2D eigenvalue weighted by Crippen LogP contribution is 2.26. The Labute approximate surface area is 93.9 Å². The van der Waals surface area contributed by atoms with Gasteiger partial charge in [0.15, 0.2) is 0 Å². The summed E-state index contributed by atoms with van der Waals surface area (Å²) in [4.78, 5) is 13.5. The van der Waals surface area contributed by atoms with Crippen molar-refractivity contribution < 1.29 is 18.1 Å². The van der Waals surface area contributed by atoms with Crippen LogP contribution in [-0.4, -0.2) is 9.91 Å². The van der Waals surface area contributed by atoms with Crippen LogP contribution in [0.15, 0.2) is 34.9 Å². The van der Waals surface area contributed by atoms with Gasteiger partial charge in [-0.1, -0.05) is 6.07 Å². The maximum absolute atomic E-state index is 12.3. The molecule has 0 saturated heterocycles. The van der Waals surface area contributed by atoms with Gasteiger partial charge in [-0.05, 0) is 6.07 Å². The molecular formula is C10H6F2N2O3. The molecule has 1 aromatic carbocycles. The van der Waals surface area contributed by atoms with E-state index in [1.165, 1.54) is 24.3 Å². The quantitative estimate of drug-likeness (QED) is 0.610. The van der Waals surface area contributed by atoms with E-state index in [0.717, 1.165) is 6.26 Å². The number of halogens is 2. The first-order valence-electron chi connectivity index (χ1n) is 4.56. The second-order valence-electron chi connectivity index (χ2n) is 3.19. The lowest BCUT2D eigenvalue weighted by atomic mass is 10.2. The van der Waals surface area contributed by atoms with E-state index in [2.05, 4.69) is 4.98 Å². The second-order valence-corrected chi connectivity index (χ2v) is 3.19. The number of hydrogen-bond acceptors (Lipinski definition) is 4. The Morgan fingerprint density at radius 1 is 1.41 bits per heavy atom. The summed E-state index contributed by atoms with van der Waals surface area (Å²) < 4.78 is 29.4. The molecule has 0 bridgehead atoms. The van der Waals surface area contributed by atoms with E-state index in [1.807, 2.05) is 0 Å². The Kier molecular flexibility index (Phi) is 2.82. The van der Waals surface area contributed by atoms with E-state index < -0.39 is 17.0 Å². The zero-order chi connectivity index (χ0) is 12.4. The molecule has 17 heavy (non-hydrogen) atoms. The summed E-state index contributed by atoms with van der Waals surface area (Å²) in [7, 11) is 0. The van der Waals surface area contributed by atoms with Gasteiger partial charge in [-0.3, -0.25) is 10.1 Å². The normalized spacial score (nSPS) is 10.8. The van der Waals surface area contributed by atoms with Gasteiger partial charge in [-0.25, -0.2) is 13.8 Å². The number of nitro groups is 1. The van der Waals surface area contributed by atoms with Crippen molar-refractivity contribution in [2.45, 2.75) is 6.43 Å². The Morgan fingerprint density at radius 2 is 2.18 bits per heavy atom. The minimum Gasteiger partial charge on any atom is -0.444 e. The molecule has 5 nitrogen and oxygen atoms in total. The molecule has 0 aliphatic carbocycles. The van der Waals surface area contributed by atoms with Crippen LogP contribution in [0.5, 0.6) is 0 Å². The van der Waals surface area contributed by atoms with Gasteiger partial charge in [0.1, 0.15) is 12.0 Å². The second kappa shape index (κ2) is 4.28. The first-order chi connectivity index (χ1) is 8.08. The number of nitrogens with zero attached hydrogens (tertiary/aromatic N) is 2. The highest BCUT2D eigenvalue weighted by Gasteiger charge is 2.16. The van der Waals surface area contributed by atoms with Crippen LogP contribution < -0.4 is 0 Å². The molecule has 1 heterocycles. The Balaban J connectivity index is 2.38. The number of oxazole rings is 1. The van der Waals surface area contributed by atoms with Crippen LogP contribution in [0.4, 0.5) is 14.5 Å². The molecule has 0 aliphatic heterocycles. The molecule has 0 unspecified atom stereocenters. The molecule has 0 N–H and O–H groups in total. The van der Waals surface area contributed by atoms with Crippen LogP contribution >= 0.6 is 0 Å². The van der Waals surface area contributed by atoms with E-state index >= 15 is 0 Å². The smallest absolute Gasteiger partial charge is 0.283 e. The van der Waals surface area contributed by atoms with E-state index in [-0.39, 0.29) is 17.1 Å². The maximum Gasteiger partial charge on any atom is 0.283 e. The van der Waals surface area contributed by atoms with Crippen LogP contribution in [0.25, 0.3) is 11.5 Å². The lowest BCUT2D eigenvalue weighted by Crippen LogP contribution is -1.88. The van der Waals surface area contributed by atoms with Gasteiger partial charge < -0.3 is 4.42 Å². The fourth-order valence-corrected chi connectivity index (χ4v) is 1.27. The molecule has 0 atom stereocenters. The van der Waals surface area contributed by atoms with Crippen molar-refractivity contribution in [3.8, 4) is 11.5 Å². The third kappa shape index (κ3) is 2.27. The lowest BCUT2D eigenvalue weighted by molar-refractivity contribution is -0.384. The van der Waals surface area contributed by atoms with Crippen molar-refractivity contribution in [2.75, 3.05) is 0 Å². The summed E-state index contributed by atoms with van der Waals surface area (Å²) >= 11 is 0. The predicted molar refractivity (Wildman–Crippen MR) is 53.6 cm³/mol. The first-order valence-corrected chi connectivity index (χ1v) is 4.56. The fourth-order valence-electron chi connectivity index (χ4n) is 1.27. The first kappa shape index (κ1) is 11.2. The third-order valence-corrected chi connectivity index (χ3v) is 2.05. The Morgan fingerprint density at radius 3 is 2.76 bits per heavy atom. The monoisotopic (exact) mass is 240 g/mol. The Bertz CT molecular complexity index is 554. The number of rotatable bonds is 3. The van der Waals surface area contributed by atoms with Crippen molar-refractivity contribution >= 4 is 5.69 Å². The van der Waals surface area contributed by atoms with Crippen LogP contribution in [0.1, 0.15) is 12.1 Å². The standard InChI is InChI=1S/C10H6F2N2O3/c11-9(12)8-5-17-10(13-8)6-2-1-3-7(4-6)14(15)16/h1-5,9H. The minimum absolute atomic E-state index is 0.0657. The molecule has 2 aromatic rings. The maximum atomic E-state index is 12.3. The largest absolute Gasteiger partial charge is 0.444 e.